The number of ketones is 1. The fourth-order valence-corrected chi connectivity index (χ4v) is 4.00. The molecule has 0 aliphatic carbocycles. The van der Waals surface area contributed by atoms with Crippen LogP contribution in [0.25, 0.3) is 0 Å². The van der Waals surface area contributed by atoms with Crippen LogP contribution in [-0.4, -0.2) is 72.9 Å². The van der Waals surface area contributed by atoms with Gasteiger partial charge in [-0.05, 0) is 36.4 Å². The monoisotopic (exact) mass is 549 g/mol. The molecule has 0 saturated carbocycles. The third-order valence-electron chi connectivity index (χ3n) is 5.82. The Bertz CT molecular complexity index is 1410. The van der Waals surface area contributed by atoms with Crippen LogP contribution in [0.2, 0.25) is 5.02 Å². The molecule has 1 aliphatic heterocycles. The highest BCUT2D eigenvalue weighted by molar-refractivity contribution is 6.43. The summed E-state index contributed by atoms with van der Waals surface area (Å²) in [5.41, 5.74) is 2.62. The van der Waals surface area contributed by atoms with Crippen molar-refractivity contribution in [3.8, 4) is 0 Å². The molecule has 0 atom stereocenters. The first-order valence-corrected chi connectivity index (χ1v) is 12.5. The number of ether oxygens (including phenoxy) is 1. The van der Waals surface area contributed by atoms with Gasteiger partial charge in [-0.15, -0.1) is 0 Å². The first-order valence-electron chi connectivity index (χ1n) is 12.1. The Kier molecular flexibility index (Phi) is 8.74. The summed E-state index contributed by atoms with van der Waals surface area (Å²) in [5, 5.41) is 9.22. The second-order valence-electron chi connectivity index (χ2n) is 8.74. The molecule has 12 heteroatoms. The number of benzene rings is 2. The number of rotatable bonds is 9. The van der Waals surface area contributed by atoms with Crippen molar-refractivity contribution in [2.45, 2.75) is 0 Å². The second-order valence-corrected chi connectivity index (χ2v) is 9.15. The van der Waals surface area contributed by atoms with Gasteiger partial charge in [-0.3, -0.25) is 14.4 Å². The zero-order valence-corrected chi connectivity index (χ0v) is 22.3. The summed E-state index contributed by atoms with van der Waals surface area (Å²) in [6.07, 6.45) is 2.62. The first-order chi connectivity index (χ1) is 18.8. The van der Waals surface area contributed by atoms with Crippen LogP contribution in [-0.2, 0) is 14.3 Å². The minimum absolute atomic E-state index is 0.182. The summed E-state index contributed by atoms with van der Waals surface area (Å²) in [5.74, 6) is -1.20. The smallest absolute Gasteiger partial charge is 0.294 e. The fourth-order valence-electron chi connectivity index (χ4n) is 3.86. The summed E-state index contributed by atoms with van der Waals surface area (Å²) in [7, 11) is 3.02. The molecule has 1 fully saturated rings. The normalized spacial score (nSPS) is 12.8. The van der Waals surface area contributed by atoms with Crippen LogP contribution in [0.1, 0.15) is 10.4 Å². The minimum Gasteiger partial charge on any atom is -0.378 e. The van der Waals surface area contributed by atoms with Crippen molar-refractivity contribution in [3.05, 3.63) is 71.9 Å². The van der Waals surface area contributed by atoms with Crippen molar-refractivity contribution in [1.82, 2.24) is 14.9 Å². The van der Waals surface area contributed by atoms with Gasteiger partial charge in [-0.25, -0.2) is 4.98 Å². The highest BCUT2D eigenvalue weighted by Crippen LogP contribution is 2.32. The largest absolute Gasteiger partial charge is 0.378 e. The van der Waals surface area contributed by atoms with E-state index >= 15 is 0 Å². The Labute approximate surface area is 230 Å². The molecular weight excluding hydrogens is 522 g/mol. The molecule has 39 heavy (non-hydrogen) atoms. The number of likely N-dealkylation sites (N-methyl/N-ethyl adjacent to an activating group) is 1. The number of amides is 2. The van der Waals surface area contributed by atoms with Crippen molar-refractivity contribution in [2.24, 2.45) is 0 Å². The second kappa shape index (κ2) is 12.4. The lowest BCUT2D eigenvalue weighted by atomic mass is 10.1. The van der Waals surface area contributed by atoms with Gasteiger partial charge in [0.15, 0.2) is 5.82 Å². The molecule has 1 aromatic heterocycles. The Morgan fingerprint density at radius 2 is 1.82 bits per heavy atom. The van der Waals surface area contributed by atoms with Crippen LogP contribution in [0, 0.1) is 0 Å². The molecule has 2 amide bonds. The highest BCUT2D eigenvalue weighted by Gasteiger charge is 2.22. The molecule has 4 rings (SSSR count). The number of nitrogens with one attached hydrogen (secondary N) is 3. The van der Waals surface area contributed by atoms with E-state index in [0.717, 1.165) is 5.69 Å². The average Bonchev–Trinajstić information content (AvgIpc) is 2.95. The van der Waals surface area contributed by atoms with Gasteiger partial charge in [0.25, 0.3) is 11.7 Å². The summed E-state index contributed by atoms with van der Waals surface area (Å²) in [6.45, 7) is 6.13. The molecule has 202 valence electrons. The summed E-state index contributed by atoms with van der Waals surface area (Å²) >= 11 is 6.35. The van der Waals surface area contributed by atoms with E-state index in [0.29, 0.717) is 43.4 Å². The van der Waals surface area contributed by atoms with Crippen LogP contribution in [0.4, 0.5) is 34.5 Å². The van der Waals surface area contributed by atoms with Crippen LogP contribution in [0.5, 0.6) is 0 Å². The zero-order chi connectivity index (χ0) is 27.9. The number of Topliss-reactive ketones (excluding diaryl/α,β-unsaturated/α-hetero) is 1. The number of nitrogens with zero attached hydrogens (tertiary/aromatic N) is 4. The van der Waals surface area contributed by atoms with Gasteiger partial charge in [0.1, 0.15) is 5.02 Å². The van der Waals surface area contributed by atoms with E-state index < -0.39 is 11.7 Å². The van der Waals surface area contributed by atoms with Gasteiger partial charge in [0, 0.05) is 32.9 Å². The number of anilines is 6. The number of aromatic nitrogens is 2. The van der Waals surface area contributed by atoms with Crippen LogP contribution in [0.3, 0.4) is 0 Å². The van der Waals surface area contributed by atoms with E-state index in [1.807, 2.05) is 12.1 Å². The summed E-state index contributed by atoms with van der Waals surface area (Å²) < 4.78 is 5.44. The predicted molar refractivity (Wildman–Crippen MR) is 151 cm³/mol. The molecule has 2 heterocycles. The van der Waals surface area contributed by atoms with Crippen LogP contribution in [0.15, 0.2) is 61.3 Å². The molecule has 0 spiro atoms. The minimum atomic E-state index is -0.666. The molecule has 1 aliphatic rings. The molecule has 11 nitrogen and oxygen atoms in total. The van der Waals surface area contributed by atoms with Gasteiger partial charge in [-0.2, -0.15) is 4.98 Å². The third-order valence-corrected chi connectivity index (χ3v) is 6.09. The van der Waals surface area contributed by atoms with Crippen molar-refractivity contribution in [3.63, 3.8) is 0 Å². The maximum Gasteiger partial charge on any atom is 0.294 e. The standard InChI is InChI=1S/C27H28ClN7O4/c1-4-23(36)31-21-15-17(9-10-22(21)35-11-13-39-14-12-35)30-27-29-16-19(28)25(33-27)32-20-8-6-5-7-18(20)24(37)26(38)34(2)3/h4-10,15-16H,1,11-14H2,2-3H3,(H,31,36)(H2,29,30,32,33). The SMILES string of the molecule is C=CC(=O)Nc1cc(Nc2ncc(Cl)c(Nc3ccccc3C(=O)C(=O)N(C)C)n2)ccc1N1CCOCC1. The zero-order valence-electron chi connectivity index (χ0n) is 21.5. The van der Waals surface area contributed by atoms with Crippen molar-refractivity contribution < 1.29 is 19.1 Å². The summed E-state index contributed by atoms with van der Waals surface area (Å²) in [6, 6.07) is 12.1. The number of morpholine rings is 1. The molecule has 3 aromatic rings. The number of carbonyl (C=O) groups is 3. The summed E-state index contributed by atoms with van der Waals surface area (Å²) in [4.78, 5) is 49.1. The maximum absolute atomic E-state index is 12.7. The average molecular weight is 550 g/mol. The Morgan fingerprint density at radius 3 is 2.54 bits per heavy atom. The van der Waals surface area contributed by atoms with E-state index in [2.05, 4.69) is 37.4 Å². The molecule has 0 unspecified atom stereocenters. The number of carbonyl (C=O) groups excluding carboxylic acids is 3. The van der Waals surface area contributed by atoms with Crippen LogP contribution >= 0.6 is 11.6 Å². The lowest BCUT2D eigenvalue weighted by Crippen LogP contribution is -2.36. The number of hydrogen-bond donors (Lipinski definition) is 3. The number of hydrogen-bond acceptors (Lipinski definition) is 9. The van der Waals surface area contributed by atoms with E-state index in [4.69, 9.17) is 16.3 Å². The van der Waals surface area contributed by atoms with Gasteiger partial charge in [-0.1, -0.05) is 30.3 Å². The lowest BCUT2D eigenvalue weighted by molar-refractivity contribution is -0.124. The van der Waals surface area contributed by atoms with Gasteiger partial charge in [0.05, 0.1) is 42.0 Å². The Hall–Kier alpha value is -4.48. The van der Waals surface area contributed by atoms with Crippen molar-refractivity contribution >= 4 is 63.7 Å². The quantitative estimate of drug-likeness (QED) is 0.207. The fraction of sp³-hybridized carbons (Fsp3) is 0.222. The highest BCUT2D eigenvalue weighted by atomic mass is 35.5. The molecule has 1 saturated heterocycles. The van der Waals surface area contributed by atoms with E-state index in [1.54, 1.807) is 30.3 Å². The maximum atomic E-state index is 12.7. The topological polar surface area (TPSA) is 129 Å². The number of para-hydroxylation sites is 1. The lowest BCUT2D eigenvalue weighted by Gasteiger charge is -2.30. The number of halogens is 1. The van der Waals surface area contributed by atoms with E-state index in [9.17, 15) is 14.4 Å². The Morgan fingerprint density at radius 1 is 1.08 bits per heavy atom. The third kappa shape index (κ3) is 6.70. The van der Waals surface area contributed by atoms with Crippen molar-refractivity contribution in [2.75, 3.05) is 61.2 Å². The molecule has 0 bridgehead atoms. The molecule has 2 aromatic carbocycles. The Balaban J connectivity index is 1.60. The molecular formula is C27H28ClN7O4. The van der Waals surface area contributed by atoms with Crippen molar-refractivity contribution in [1.29, 1.82) is 0 Å². The van der Waals surface area contributed by atoms with Crippen LogP contribution < -0.4 is 20.9 Å². The van der Waals surface area contributed by atoms with Gasteiger partial charge < -0.3 is 30.5 Å². The molecule has 3 N–H and O–H groups in total. The van der Waals surface area contributed by atoms with E-state index in [1.165, 1.54) is 31.3 Å². The van der Waals surface area contributed by atoms with Gasteiger partial charge >= 0.3 is 0 Å². The first kappa shape index (κ1) is 27.6. The van der Waals surface area contributed by atoms with Gasteiger partial charge in [0.2, 0.25) is 11.9 Å². The molecule has 0 radical (unpaired) electrons. The predicted octanol–water partition coefficient (Wildman–Crippen LogP) is 3.85. The van der Waals surface area contributed by atoms with E-state index in [-0.39, 0.29) is 28.3 Å².